The summed E-state index contributed by atoms with van der Waals surface area (Å²) in [7, 11) is 0. The molecule has 2 aromatic carbocycles. The minimum atomic E-state index is -0.965. The summed E-state index contributed by atoms with van der Waals surface area (Å²) in [6, 6.07) is 5.64. The van der Waals surface area contributed by atoms with Gasteiger partial charge in [-0.3, -0.25) is 4.79 Å². The van der Waals surface area contributed by atoms with E-state index in [0.29, 0.717) is 5.56 Å². The molecule has 0 unspecified atom stereocenters. The van der Waals surface area contributed by atoms with Gasteiger partial charge in [-0.15, -0.1) is 0 Å². The molecule has 0 bridgehead atoms. The zero-order chi connectivity index (χ0) is 14.9. The molecule has 20 heavy (non-hydrogen) atoms. The third-order valence-electron chi connectivity index (χ3n) is 2.69. The molecule has 0 aromatic heterocycles. The molecule has 1 nitrogen and oxygen atoms in total. The second-order valence-corrected chi connectivity index (χ2v) is 5.32. The molecule has 0 aliphatic rings. The van der Waals surface area contributed by atoms with E-state index in [9.17, 15) is 18.0 Å². The molecule has 0 spiro atoms. The predicted octanol–water partition coefficient (Wildman–Crippen LogP) is 4.95. The molecule has 0 saturated carbocycles. The second kappa shape index (κ2) is 5.97. The summed E-state index contributed by atoms with van der Waals surface area (Å²) in [5, 5.41) is 0.0363. The number of hydrogen-bond acceptors (Lipinski definition) is 1. The van der Waals surface area contributed by atoms with Crippen molar-refractivity contribution in [3.05, 3.63) is 68.4 Å². The van der Waals surface area contributed by atoms with Gasteiger partial charge in [0.1, 0.15) is 11.6 Å². The Kier molecular flexibility index (Phi) is 4.50. The average Bonchev–Trinajstić information content (AvgIpc) is 2.38. The van der Waals surface area contributed by atoms with E-state index in [0.717, 1.165) is 18.2 Å². The van der Waals surface area contributed by atoms with E-state index in [1.807, 2.05) is 0 Å². The Labute approximate surface area is 126 Å². The molecule has 0 atom stereocenters. The summed E-state index contributed by atoms with van der Waals surface area (Å²) in [6.45, 7) is 0. The van der Waals surface area contributed by atoms with Crippen molar-refractivity contribution < 1.29 is 18.0 Å². The minimum absolute atomic E-state index is 0.00699. The molecule has 6 heteroatoms. The number of rotatable bonds is 3. The van der Waals surface area contributed by atoms with E-state index in [2.05, 4.69) is 15.9 Å². The lowest BCUT2D eigenvalue weighted by Gasteiger charge is -2.07. The van der Waals surface area contributed by atoms with Gasteiger partial charge in [0.25, 0.3) is 0 Å². The van der Waals surface area contributed by atoms with Gasteiger partial charge in [-0.25, -0.2) is 13.2 Å². The number of benzene rings is 2. The quantitative estimate of drug-likeness (QED) is 0.557. The maximum Gasteiger partial charge on any atom is 0.173 e. The Bertz CT molecular complexity index is 688. The molecule has 0 radical (unpaired) electrons. The first-order chi connectivity index (χ1) is 9.40. The molecule has 104 valence electrons. The Morgan fingerprint density at radius 1 is 1.15 bits per heavy atom. The highest BCUT2D eigenvalue weighted by Crippen LogP contribution is 2.25. The van der Waals surface area contributed by atoms with Gasteiger partial charge < -0.3 is 0 Å². The van der Waals surface area contributed by atoms with Crippen LogP contribution in [0.4, 0.5) is 13.2 Å². The standard InChI is InChI=1S/C14H7BrClF3O/c15-9-3-4-11(18)13(14(9)19)12(20)5-7-1-2-8(17)6-10(7)16/h1-4,6H,5H2. The third kappa shape index (κ3) is 3.04. The van der Waals surface area contributed by atoms with Gasteiger partial charge in [0.05, 0.1) is 10.0 Å². The van der Waals surface area contributed by atoms with Gasteiger partial charge in [0.15, 0.2) is 11.6 Å². The smallest absolute Gasteiger partial charge is 0.173 e. The van der Waals surface area contributed by atoms with Crippen LogP contribution in [0, 0.1) is 17.5 Å². The Balaban J connectivity index is 2.36. The van der Waals surface area contributed by atoms with Gasteiger partial charge in [-0.05, 0) is 45.8 Å². The number of hydrogen-bond donors (Lipinski definition) is 0. The highest BCUT2D eigenvalue weighted by atomic mass is 79.9. The van der Waals surface area contributed by atoms with Gasteiger partial charge in [0, 0.05) is 11.4 Å². The first-order valence-electron chi connectivity index (χ1n) is 5.50. The molecule has 2 aromatic rings. The summed E-state index contributed by atoms with van der Waals surface area (Å²) in [4.78, 5) is 12.0. The van der Waals surface area contributed by atoms with Crippen molar-refractivity contribution in [3.8, 4) is 0 Å². The first kappa shape index (κ1) is 15.1. The normalized spacial score (nSPS) is 10.7. The number of carbonyl (C=O) groups is 1. The molecule has 0 fully saturated rings. The van der Waals surface area contributed by atoms with E-state index in [1.165, 1.54) is 12.1 Å². The molecule has 0 amide bonds. The highest BCUT2D eigenvalue weighted by Gasteiger charge is 2.20. The summed E-state index contributed by atoms with van der Waals surface area (Å²) < 4.78 is 40.2. The zero-order valence-corrected chi connectivity index (χ0v) is 12.2. The Morgan fingerprint density at radius 3 is 2.50 bits per heavy atom. The lowest BCUT2D eigenvalue weighted by atomic mass is 10.0. The van der Waals surface area contributed by atoms with Crippen LogP contribution in [-0.2, 0) is 6.42 Å². The van der Waals surface area contributed by atoms with Gasteiger partial charge in [-0.2, -0.15) is 0 Å². The van der Waals surface area contributed by atoms with E-state index in [4.69, 9.17) is 11.6 Å². The van der Waals surface area contributed by atoms with Crippen molar-refractivity contribution in [2.24, 2.45) is 0 Å². The van der Waals surface area contributed by atoms with Crippen LogP contribution in [0.1, 0.15) is 15.9 Å². The van der Waals surface area contributed by atoms with Crippen LogP contribution in [0.2, 0.25) is 5.02 Å². The summed E-state index contributed by atoms with van der Waals surface area (Å²) in [6.07, 6.45) is -0.316. The van der Waals surface area contributed by atoms with Gasteiger partial charge in [-0.1, -0.05) is 17.7 Å². The number of Topliss-reactive ketones (excluding diaryl/α,β-unsaturated/α-hetero) is 1. The Morgan fingerprint density at radius 2 is 1.85 bits per heavy atom. The highest BCUT2D eigenvalue weighted by molar-refractivity contribution is 9.10. The average molecular weight is 364 g/mol. The van der Waals surface area contributed by atoms with Crippen molar-refractivity contribution in [3.63, 3.8) is 0 Å². The van der Waals surface area contributed by atoms with Crippen LogP contribution in [-0.4, -0.2) is 5.78 Å². The van der Waals surface area contributed by atoms with Gasteiger partial charge in [0.2, 0.25) is 0 Å². The van der Waals surface area contributed by atoms with Crippen LogP contribution < -0.4 is 0 Å². The van der Waals surface area contributed by atoms with Crippen LogP contribution in [0.15, 0.2) is 34.8 Å². The van der Waals surface area contributed by atoms with Crippen LogP contribution >= 0.6 is 27.5 Å². The van der Waals surface area contributed by atoms with Crippen molar-refractivity contribution in [2.75, 3.05) is 0 Å². The number of halogens is 5. The molecule has 0 aliphatic heterocycles. The number of ketones is 1. The van der Waals surface area contributed by atoms with E-state index >= 15 is 0 Å². The fourth-order valence-electron chi connectivity index (χ4n) is 1.71. The van der Waals surface area contributed by atoms with Crippen molar-refractivity contribution >= 4 is 33.3 Å². The topological polar surface area (TPSA) is 17.1 Å². The summed E-state index contributed by atoms with van der Waals surface area (Å²) in [5.41, 5.74) is -0.336. The maximum absolute atomic E-state index is 13.8. The van der Waals surface area contributed by atoms with Crippen LogP contribution in [0.25, 0.3) is 0 Å². The number of carbonyl (C=O) groups excluding carboxylic acids is 1. The molecule has 0 heterocycles. The second-order valence-electron chi connectivity index (χ2n) is 4.05. The molecule has 0 saturated heterocycles. The van der Waals surface area contributed by atoms with E-state index in [-0.39, 0.29) is 15.9 Å². The fourth-order valence-corrected chi connectivity index (χ4v) is 2.27. The Hall–Kier alpha value is -1.33. The van der Waals surface area contributed by atoms with Crippen molar-refractivity contribution in [1.82, 2.24) is 0 Å². The van der Waals surface area contributed by atoms with E-state index < -0.39 is 28.8 Å². The van der Waals surface area contributed by atoms with Gasteiger partial charge >= 0.3 is 0 Å². The predicted molar refractivity (Wildman–Crippen MR) is 73.5 cm³/mol. The molecule has 2 rings (SSSR count). The van der Waals surface area contributed by atoms with Crippen LogP contribution in [0.5, 0.6) is 0 Å². The molecule has 0 N–H and O–H groups in total. The van der Waals surface area contributed by atoms with Crippen molar-refractivity contribution in [1.29, 1.82) is 0 Å². The lowest BCUT2D eigenvalue weighted by molar-refractivity contribution is 0.0984. The summed E-state index contributed by atoms with van der Waals surface area (Å²) >= 11 is 8.67. The van der Waals surface area contributed by atoms with E-state index in [1.54, 1.807) is 0 Å². The largest absolute Gasteiger partial charge is 0.294 e. The molecular weight excluding hydrogens is 357 g/mol. The minimum Gasteiger partial charge on any atom is -0.294 e. The molecular formula is C14H7BrClF3O. The SMILES string of the molecule is O=C(Cc1ccc(F)cc1Cl)c1c(F)ccc(Br)c1F. The maximum atomic E-state index is 13.8. The monoisotopic (exact) mass is 362 g/mol. The summed E-state index contributed by atoms with van der Waals surface area (Å²) in [5.74, 6) is -3.23. The van der Waals surface area contributed by atoms with Crippen LogP contribution in [0.3, 0.4) is 0 Å². The van der Waals surface area contributed by atoms with Crippen molar-refractivity contribution in [2.45, 2.75) is 6.42 Å². The fraction of sp³-hybridized carbons (Fsp3) is 0.0714. The lowest BCUT2D eigenvalue weighted by Crippen LogP contribution is -2.10. The molecule has 0 aliphatic carbocycles. The third-order valence-corrected chi connectivity index (χ3v) is 3.65. The zero-order valence-electron chi connectivity index (χ0n) is 9.89. The first-order valence-corrected chi connectivity index (χ1v) is 6.68.